The standard InChI is InChI=1S/C9H6IN.C6H10O7/c10-9-6-5-7-3-1-2-4-8(7)11-9;7-1-2(8)4(5(10)11)13-6(12)3(1)9/h1-6H;1-4,6-9,12H,(H,10,11)/t;1-,2-,3+,4-,6?/m.0/s1. The van der Waals surface area contributed by atoms with Gasteiger partial charge in [0.25, 0.3) is 0 Å². The van der Waals surface area contributed by atoms with Crippen molar-refractivity contribution in [1.29, 1.82) is 0 Å². The summed E-state index contributed by atoms with van der Waals surface area (Å²) >= 11 is 2.22. The molecule has 2 aromatic rings. The number of carboxylic acids is 1. The van der Waals surface area contributed by atoms with E-state index >= 15 is 0 Å². The first-order valence-corrected chi connectivity index (χ1v) is 8.01. The number of carboxylic acid groups (broad SMARTS) is 1. The van der Waals surface area contributed by atoms with Crippen LogP contribution < -0.4 is 0 Å². The molecule has 0 amide bonds. The number of aliphatic hydroxyl groups is 4. The highest BCUT2D eigenvalue weighted by atomic mass is 127. The van der Waals surface area contributed by atoms with Gasteiger partial charge in [0, 0.05) is 5.39 Å². The number of nitrogens with zero attached hydrogens (tertiary/aromatic N) is 1. The van der Waals surface area contributed by atoms with Gasteiger partial charge in [-0.1, -0.05) is 24.3 Å². The molecule has 24 heavy (non-hydrogen) atoms. The second-order valence-corrected chi connectivity index (χ2v) is 6.19. The molecule has 0 saturated carbocycles. The lowest BCUT2D eigenvalue weighted by atomic mass is 9.99. The summed E-state index contributed by atoms with van der Waals surface area (Å²) < 4.78 is 5.38. The molecule has 8 nitrogen and oxygen atoms in total. The maximum absolute atomic E-state index is 10.4. The molecular formula is C15H16INO7. The lowest BCUT2D eigenvalue weighted by Crippen LogP contribution is -2.59. The fraction of sp³-hybridized carbons (Fsp3) is 0.333. The smallest absolute Gasteiger partial charge is 0.335 e. The molecule has 0 radical (unpaired) electrons. The van der Waals surface area contributed by atoms with Gasteiger partial charge in [-0.05, 0) is 34.7 Å². The number of hydrogen-bond donors (Lipinski definition) is 5. The number of aliphatic hydroxyl groups excluding tert-OH is 4. The molecule has 5 N–H and O–H groups in total. The van der Waals surface area contributed by atoms with Gasteiger partial charge in [0.15, 0.2) is 12.4 Å². The average Bonchev–Trinajstić information content (AvgIpc) is 2.56. The third kappa shape index (κ3) is 4.37. The number of para-hydroxylation sites is 1. The Kier molecular flexibility index (Phi) is 6.43. The Morgan fingerprint density at radius 1 is 1.00 bits per heavy atom. The van der Waals surface area contributed by atoms with E-state index in [0.717, 1.165) is 9.22 Å². The SMILES string of the molecule is Ic1ccc2ccccc2n1.O=C(O)[C@H]1OC(O)[C@H](O)[C@@H](O)[C@@H]1O. The van der Waals surface area contributed by atoms with Crippen LogP contribution in [0.3, 0.4) is 0 Å². The van der Waals surface area contributed by atoms with Crippen LogP contribution in [0.1, 0.15) is 0 Å². The van der Waals surface area contributed by atoms with Crippen molar-refractivity contribution in [3.05, 3.63) is 40.1 Å². The summed E-state index contributed by atoms with van der Waals surface area (Å²) in [6.45, 7) is 0. The Bertz CT molecular complexity index is 713. The molecule has 0 spiro atoms. The molecule has 1 aromatic carbocycles. The molecule has 1 aliphatic rings. The number of aliphatic carboxylic acids is 1. The van der Waals surface area contributed by atoms with Crippen molar-refractivity contribution in [3.8, 4) is 0 Å². The largest absolute Gasteiger partial charge is 0.479 e. The van der Waals surface area contributed by atoms with Gasteiger partial charge >= 0.3 is 5.97 Å². The van der Waals surface area contributed by atoms with E-state index in [2.05, 4.69) is 44.4 Å². The van der Waals surface area contributed by atoms with Crippen molar-refractivity contribution in [1.82, 2.24) is 4.98 Å². The number of fused-ring (bicyclic) bond motifs is 1. The van der Waals surface area contributed by atoms with E-state index in [-0.39, 0.29) is 0 Å². The summed E-state index contributed by atoms with van der Waals surface area (Å²) in [5.41, 5.74) is 1.07. The van der Waals surface area contributed by atoms with Crippen molar-refractivity contribution in [3.63, 3.8) is 0 Å². The van der Waals surface area contributed by atoms with Gasteiger partial charge in [-0.15, -0.1) is 0 Å². The average molecular weight is 449 g/mol. The number of benzene rings is 1. The molecule has 1 aliphatic heterocycles. The van der Waals surface area contributed by atoms with Gasteiger partial charge in [-0.25, -0.2) is 9.78 Å². The lowest BCUT2D eigenvalue weighted by Gasteiger charge is -2.36. The first-order chi connectivity index (χ1) is 11.3. The highest BCUT2D eigenvalue weighted by Gasteiger charge is 2.46. The van der Waals surface area contributed by atoms with Crippen molar-refractivity contribution in [2.24, 2.45) is 0 Å². The molecule has 3 rings (SSSR count). The van der Waals surface area contributed by atoms with E-state index in [9.17, 15) is 4.79 Å². The Morgan fingerprint density at radius 3 is 2.33 bits per heavy atom. The molecule has 1 aromatic heterocycles. The van der Waals surface area contributed by atoms with E-state index in [4.69, 9.17) is 25.5 Å². The zero-order chi connectivity index (χ0) is 17.9. The number of pyridine rings is 1. The van der Waals surface area contributed by atoms with E-state index in [1.54, 1.807) is 0 Å². The van der Waals surface area contributed by atoms with Crippen LogP contribution in [0.15, 0.2) is 36.4 Å². The normalized spacial score (nSPS) is 29.6. The second-order valence-electron chi connectivity index (χ2n) is 5.08. The van der Waals surface area contributed by atoms with Crippen LogP contribution in [0.4, 0.5) is 0 Å². The predicted octanol–water partition coefficient (Wildman–Crippen LogP) is -0.290. The minimum Gasteiger partial charge on any atom is -0.479 e. The van der Waals surface area contributed by atoms with Crippen LogP contribution in [0, 0.1) is 3.70 Å². The van der Waals surface area contributed by atoms with Crippen LogP contribution in [0.25, 0.3) is 10.9 Å². The van der Waals surface area contributed by atoms with Gasteiger partial charge in [0.2, 0.25) is 0 Å². The van der Waals surface area contributed by atoms with Gasteiger partial charge in [0.05, 0.1) is 5.52 Å². The summed E-state index contributed by atoms with van der Waals surface area (Å²) in [7, 11) is 0. The van der Waals surface area contributed by atoms with E-state index < -0.39 is 36.7 Å². The lowest BCUT2D eigenvalue weighted by molar-refractivity contribution is -0.279. The Hall–Kier alpha value is -1.37. The maximum Gasteiger partial charge on any atom is 0.335 e. The summed E-state index contributed by atoms with van der Waals surface area (Å²) in [5, 5.41) is 45.6. The van der Waals surface area contributed by atoms with Crippen molar-refractivity contribution in [2.45, 2.75) is 30.7 Å². The molecule has 9 heteroatoms. The van der Waals surface area contributed by atoms with E-state index in [1.165, 1.54) is 5.39 Å². The summed E-state index contributed by atoms with van der Waals surface area (Å²) in [6, 6.07) is 12.2. The first kappa shape index (κ1) is 19.0. The molecule has 1 saturated heterocycles. The molecule has 2 heterocycles. The van der Waals surface area contributed by atoms with Gasteiger partial charge < -0.3 is 30.3 Å². The molecule has 1 fully saturated rings. The number of hydrogen-bond acceptors (Lipinski definition) is 7. The van der Waals surface area contributed by atoms with Crippen LogP contribution in [0.5, 0.6) is 0 Å². The third-order valence-corrected chi connectivity index (χ3v) is 4.00. The van der Waals surface area contributed by atoms with Crippen LogP contribution >= 0.6 is 22.6 Å². The summed E-state index contributed by atoms with van der Waals surface area (Å²) in [5.74, 6) is -1.52. The second kappa shape index (κ2) is 8.14. The van der Waals surface area contributed by atoms with Gasteiger partial charge in [-0.3, -0.25) is 0 Å². The first-order valence-electron chi connectivity index (χ1n) is 6.93. The minimum atomic E-state index is -1.81. The number of halogens is 1. The number of carbonyl (C=O) groups is 1. The van der Waals surface area contributed by atoms with Crippen LogP contribution in [0.2, 0.25) is 0 Å². The fourth-order valence-corrected chi connectivity index (χ4v) is 2.55. The summed E-state index contributed by atoms with van der Waals surface area (Å²) in [4.78, 5) is 14.7. The number of aromatic nitrogens is 1. The quantitative estimate of drug-likeness (QED) is 0.296. The zero-order valence-electron chi connectivity index (χ0n) is 12.2. The highest BCUT2D eigenvalue weighted by Crippen LogP contribution is 2.19. The molecule has 130 valence electrons. The van der Waals surface area contributed by atoms with Crippen molar-refractivity contribution in [2.75, 3.05) is 0 Å². The van der Waals surface area contributed by atoms with E-state index in [0.29, 0.717) is 0 Å². The molecular weight excluding hydrogens is 433 g/mol. The predicted molar refractivity (Wildman–Crippen MR) is 91.0 cm³/mol. The minimum absolute atomic E-state index is 1.04. The van der Waals surface area contributed by atoms with Gasteiger partial charge in [0.1, 0.15) is 22.0 Å². The third-order valence-electron chi connectivity index (χ3n) is 3.40. The Balaban J connectivity index is 0.000000175. The van der Waals surface area contributed by atoms with Gasteiger partial charge in [-0.2, -0.15) is 0 Å². The molecule has 0 aliphatic carbocycles. The summed E-state index contributed by atoms with van der Waals surface area (Å²) in [6.07, 6.45) is -8.72. The molecule has 1 unspecified atom stereocenters. The maximum atomic E-state index is 10.4. The van der Waals surface area contributed by atoms with E-state index in [1.807, 2.05) is 24.3 Å². The van der Waals surface area contributed by atoms with Crippen molar-refractivity contribution < 1.29 is 35.1 Å². The Labute approximate surface area is 150 Å². The van der Waals surface area contributed by atoms with Crippen LogP contribution in [-0.4, -0.2) is 67.2 Å². The Morgan fingerprint density at radius 2 is 1.67 bits per heavy atom. The van der Waals surface area contributed by atoms with Crippen LogP contribution in [-0.2, 0) is 9.53 Å². The molecule has 0 bridgehead atoms. The molecule has 5 atom stereocenters. The topological polar surface area (TPSA) is 140 Å². The number of rotatable bonds is 1. The monoisotopic (exact) mass is 449 g/mol. The van der Waals surface area contributed by atoms with Crippen molar-refractivity contribution >= 4 is 39.5 Å². The highest BCUT2D eigenvalue weighted by molar-refractivity contribution is 14.1. The fourth-order valence-electron chi connectivity index (χ4n) is 2.11. The zero-order valence-corrected chi connectivity index (χ0v) is 14.4. The number of ether oxygens (including phenoxy) is 1.